The zero-order valence-electron chi connectivity index (χ0n) is 15.7. The lowest BCUT2D eigenvalue weighted by atomic mass is 10.1. The third kappa shape index (κ3) is 4.12. The molecular weight excluding hydrogens is 373 g/mol. The number of benzene rings is 2. The maximum absolute atomic E-state index is 14.5. The van der Waals surface area contributed by atoms with Gasteiger partial charge in [-0.1, -0.05) is 25.1 Å². The highest BCUT2D eigenvalue weighted by Crippen LogP contribution is 2.30. The molecule has 0 aromatic heterocycles. The van der Waals surface area contributed by atoms with Gasteiger partial charge in [0, 0.05) is 13.1 Å². The topological polar surface area (TPSA) is 44.7 Å². The normalized spacial score (nSPS) is 19.6. The van der Waals surface area contributed by atoms with Gasteiger partial charge < -0.3 is 10.2 Å². The van der Waals surface area contributed by atoms with Crippen LogP contribution in [0.5, 0.6) is 0 Å². The average molecular weight is 396 g/mol. The number of hydrogen-bond donors (Lipinski definition) is 1. The molecule has 0 saturated carbocycles. The minimum Gasteiger partial charge on any atom is -0.369 e. The lowest BCUT2D eigenvalue weighted by Crippen LogP contribution is -2.19. The van der Waals surface area contributed by atoms with Crippen molar-refractivity contribution in [3.8, 4) is 0 Å². The van der Waals surface area contributed by atoms with Crippen LogP contribution >= 0.6 is 11.8 Å². The molecule has 2 aliphatic rings. The number of amidine groups is 1. The van der Waals surface area contributed by atoms with E-state index in [1.54, 1.807) is 12.1 Å². The Morgan fingerprint density at radius 1 is 1.18 bits per heavy atom. The van der Waals surface area contributed by atoms with Crippen molar-refractivity contribution >= 4 is 40.3 Å². The Morgan fingerprint density at radius 2 is 1.93 bits per heavy atom. The molecule has 0 radical (unpaired) electrons. The fourth-order valence-electron chi connectivity index (χ4n) is 3.38. The maximum atomic E-state index is 14.5. The van der Waals surface area contributed by atoms with Crippen molar-refractivity contribution in [2.24, 2.45) is 4.99 Å². The Bertz CT molecular complexity index is 947. The molecule has 0 aliphatic carbocycles. The maximum Gasteiger partial charge on any atom is 0.264 e. The fraction of sp³-hybridized carbons (Fsp3) is 0.273. The second-order valence-electron chi connectivity index (χ2n) is 6.91. The smallest absolute Gasteiger partial charge is 0.264 e. The molecule has 0 spiro atoms. The Hall–Kier alpha value is -2.60. The van der Waals surface area contributed by atoms with E-state index >= 15 is 0 Å². The first kappa shape index (κ1) is 18.7. The van der Waals surface area contributed by atoms with E-state index in [2.05, 4.69) is 22.1 Å². The predicted octanol–water partition coefficient (Wildman–Crippen LogP) is 4.88. The zero-order valence-corrected chi connectivity index (χ0v) is 16.6. The van der Waals surface area contributed by atoms with Gasteiger partial charge in [0.1, 0.15) is 5.82 Å². The molecule has 28 heavy (non-hydrogen) atoms. The lowest BCUT2D eigenvalue weighted by molar-refractivity contribution is -0.115. The van der Waals surface area contributed by atoms with Gasteiger partial charge in [0.15, 0.2) is 5.17 Å². The van der Waals surface area contributed by atoms with Crippen LogP contribution in [0.4, 0.5) is 15.8 Å². The number of amides is 1. The van der Waals surface area contributed by atoms with Crippen molar-refractivity contribution in [1.82, 2.24) is 5.32 Å². The fourth-order valence-corrected chi connectivity index (χ4v) is 4.22. The third-order valence-electron chi connectivity index (χ3n) is 4.94. The van der Waals surface area contributed by atoms with Crippen molar-refractivity contribution in [3.63, 3.8) is 0 Å². The number of thioether (sulfide) groups is 1. The van der Waals surface area contributed by atoms with Crippen molar-refractivity contribution in [2.75, 3.05) is 18.0 Å². The highest BCUT2D eigenvalue weighted by atomic mass is 32.2. The van der Waals surface area contributed by atoms with Crippen molar-refractivity contribution in [2.45, 2.75) is 26.2 Å². The SMILES string of the molecule is CCc1ccc(N=C2NC(=O)/C(=C/c3ccc(N4CCCC4)c(F)c3)S2)cc1. The van der Waals surface area contributed by atoms with E-state index in [0.29, 0.717) is 21.3 Å². The summed E-state index contributed by atoms with van der Waals surface area (Å²) in [6.07, 6.45) is 4.89. The summed E-state index contributed by atoms with van der Waals surface area (Å²) in [4.78, 5) is 19.3. The summed E-state index contributed by atoms with van der Waals surface area (Å²) in [5, 5.41) is 3.31. The van der Waals surface area contributed by atoms with Gasteiger partial charge in [-0.2, -0.15) is 0 Å². The van der Waals surface area contributed by atoms with Crippen LogP contribution in [-0.4, -0.2) is 24.2 Å². The summed E-state index contributed by atoms with van der Waals surface area (Å²) < 4.78 is 14.5. The second kappa shape index (κ2) is 8.19. The molecule has 4 nitrogen and oxygen atoms in total. The van der Waals surface area contributed by atoms with Crippen molar-refractivity contribution in [1.29, 1.82) is 0 Å². The number of hydrogen-bond acceptors (Lipinski definition) is 4. The van der Waals surface area contributed by atoms with Gasteiger partial charge in [0.05, 0.1) is 16.3 Å². The first-order chi connectivity index (χ1) is 13.6. The summed E-state index contributed by atoms with van der Waals surface area (Å²) in [7, 11) is 0. The average Bonchev–Trinajstić information content (AvgIpc) is 3.33. The van der Waals surface area contributed by atoms with Gasteiger partial charge in [0.2, 0.25) is 0 Å². The third-order valence-corrected chi connectivity index (χ3v) is 5.85. The zero-order chi connectivity index (χ0) is 19.5. The Kier molecular flexibility index (Phi) is 5.48. The number of nitrogens with zero attached hydrogens (tertiary/aromatic N) is 2. The molecule has 2 fully saturated rings. The first-order valence-electron chi connectivity index (χ1n) is 9.55. The van der Waals surface area contributed by atoms with E-state index in [-0.39, 0.29) is 11.7 Å². The van der Waals surface area contributed by atoms with Crippen LogP contribution < -0.4 is 10.2 Å². The largest absolute Gasteiger partial charge is 0.369 e. The van der Waals surface area contributed by atoms with Gasteiger partial charge in [-0.25, -0.2) is 9.38 Å². The number of nitrogens with one attached hydrogen (secondary N) is 1. The van der Waals surface area contributed by atoms with E-state index in [1.807, 2.05) is 30.3 Å². The molecule has 6 heteroatoms. The van der Waals surface area contributed by atoms with E-state index < -0.39 is 0 Å². The van der Waals surface area contributed by atoms with Crippen molar-refractivity contribution in [3.05, 3.63) is 64.3 Å². The number of carbonyl (C=O) groups is 1. The molecule has 2 saturated heterocycles. The standard InChI is InChI=1S/C22H22FN3OS/c1-2-15-5-8-17(9-6-15)24-22-25-21(27)20(28-22)14-16-7-10-19(18(23)13-16)26-11-3-4-12-26/h5-10,13-14H,2-4,11-12H2,1H3,(H,24,25,27)/b20-14-. The molecule has 0 atom stereocenters. The number of aryl methyl sites for hydroxylation is 1. The lowest BCUT2D eigenvalue weighted by Gasteiger charge is -2.18. The van der Waals surface area contributed by atoms with Crippen LogP contribution in [0.3, 0.4) is 0 Å². The predicted molar refractivity (Wildman–Crippen MR) is 114 cm³/mol. The van der Waals surface area contributed by atoms with Crippen LogP contribution in [0.1, 0.15) is 30.9 Å². The van der Waals surface area contributed by atoms with Crippen LogP contribution in [0.2, 0.25) is 0 Å². The molecule has 2 aromatic rings. The van der Waals surface area contributed by atoms with Crippen LogP contribution in [0.15, 0.2) is 52.4 Å². The summed E-state index contributed by atoms with van der Waals surface area (Å²) in [6.45, 7) is 3.90. The van der Waals surface area contributed by atoms with E-state index in [4.69, 9.17) is 0 Å². The highest BCUT2D eigenvalue weighted by Gasteiger charge is 2.24. The summed E-state index contributed by atoms with van der Waals surface area (Å²) in [6, 6.07) is 13.1. The van der Waals surface area contributed by atoms with Crippen molar-refractivity contribution < 1.29 is 9.18 Å². The number of halogens is 1. The van der Waals surface area contributed by atoms with Crippen LogP contribution in [-0.2, 0) is 11.2 Å². The summed E-state index contributed by atoms with van der Waals surface area (Å²) >= 11 is 1.27. The molecule has 1 N–H and O–H groups in total. The van der Waals surface area contributed by atoms with E-state index in [1.165, 1.54) is 23.4 Å². The summed E-state index contributed by atoms with van der Waals surface area (Å²) in [5.41, 5.74) is 3.35. The first-order valence-corrected chi connectivity index (χ1v) is 10.4. The van der Waals surface area contributed by atoms with Gasteiger partial charge in [-0.3, -0.25) is 4.79 Å². The Balaban J connectivity index is 1.51. The number of rotatable bonds is 4. The van der Waals surface area contributed by atoms with Gasteiger partial charge in [-0.05, 0) is 72.5 Å². The van der Waals surface area contributed by atoms with Gasteiger partial charge in [-0.15, -0.1) is 0 Å². The van der Waals surface area contributed by atoms with E-state index in [0.717, 1.165) is 38.0 Å². The molecular formula is C22H22FN3OS. The van der Waals surface area contributed by atoms with Gasteiger partial charge >= 0.3 is 0 Å². The molecule has 2 aliphatic heterocycles. The molecule has 4 rings (SSSR count). The van der Waals surface area contributed by atoms with Crippen LogP contribution in [0.25, 0.3) is 6.08 Å². The monoisotopic (exact) mass is 395 g/mol. The number of carbonyl (C=O) groups excluding carboxylic acids is 1. The van der Waals surface area contributed by atoms with Gasteiger partial charge in [0.25, 0.3) is 5.91 Å². The Labute approximate surface area is 168 Å². The molecule has 144 valence electrons. The second-order valence-corrected chi connectivity index (χ2v) is 7.94. The van der Waals surface area contributed by atoms with E-state index in [9.17, 15) is 9.18 Å². The minimum absolute atomic E-state index is 0.210. The Morgan fingerprint density at radius 3 is 2.61 bits per heavy atom. The highest BCUT2D eigenvalue weighted by molar-refractivity contribution is 8.18. The molecule has 0 unspecified atom stereocenters. The number of aliphatic imine (C=N–C) groups is 1. The molecule has 1 amide bonds. The molecule has 0 bridgehead atoms. The quantitative estimate of drug-likeness (QED) is 0.751. The minimum atomic E-state index is -0.246. The van der Waals surface area contributed by atoms with Crippen LogP contribution in [0, 0.1) is 5.82 Å². The summed E-state index contributed by atoms with van der Waals surface area (Å²) in [5.74, 6) is -0.456. The molecule has 2 heterocycles. The molecule has 2 aromatic carbocycles. The number of anilines is 1.